The first-order valence-electron chi connectivity index (χ1n) is 10.2. The third-order valence-corrected chi connectivity index (χ3v) is 5.21. The highest BCUT2D eigenvalue weighted by Crippen LogP contribution is 2.31. The van der Waals surface area contributed by atoms with E-state index >= 15 is 0 Å². The predicted molar refractivity (Wildman–Crippen MR) is 110 cm³/mol. The predicted octanol–water partition coefficient (Wildman–Crippen LogP) is 5.07. The first kappa shape index (κ1) is 20.2. The number of nitrogens with one attached hydrogen (secondary N) is 1. The maximum Gasteiger partial charge on any atom is 0.256 e. The molecule has 0 bridgehead atoms. The fourth-order valence-corrected chi connectivity index (χ4v) is 3.55. The Morgan fingerprint density at radius 1 is 1.21 bits per heavy atom. The molecule has 28 heavy (non-hydrogen) atoms. The van der Waals surface area contributed by atoms with Crippen molar-refractivity contribution in [1.82, 2.24) is 9.78 Å². The molecule has 0 aliphatic heterocycles. The molecule has 6 heteroatoms. The number of amides is 1. The number of anilines is 1. The Balaban J connectivity index is 1.68. The van der Waals surface area contributed by atoms with Gasteiger partial charge in [0, 0.05) is 11.6 Å². The Kier molecular flexibility index (Phi) is 6.95. The van der Waals surface area contributed by atoms with Crippen LogP contribution in [0.25, 0.3) is 0 Å². The van der Waals surface area contributed by atoms with Gasteiger partial charge in [-0.3, -0.25) is 4.79 Å². The number of hydrogen-bond donors (Lipinski definition) is 1. The van der Waals surface area contributed by atoms with Gasteiger partial charge in [-0.1, -0.05) is 33.1 Å². The summed E-state index contributed by atoms with van der Waals surface area (Å²) in [6.07, 6.45) is 8.65. The average Bonchev–Trinajstić information content (AvgIpc) is 3.16. The topological polar surface area (TPSA) is 65.4 Å². The summed E-state index contributed by atoms with van der Waals surface area (Å²) in [5.74, 6) is 2.37. The molecule has 1 N–H and O–H groups in total. The molecule has 6 nitrogen and oxygen atoms in total. The van der Waals surface area contributed by atoms with E-state index in [1.165, 1.54) is 19.3 Å². The standard InChI is InChI=1S/C22H31N3O3/c1-16(2)12-14-28-19-10-9-17(15-20(19)27-3)22(26)24-21-11-13-23-25(21)18-7-5-4-6-8-18/h9-11,13,15-16,18H,4-8,12,14H2,1-3H3,(H,24,26). The number of carbonyl (C=O) groups is 1. The number of aromatic nitrogens is 2. The van der Waals surface area contributed by atoms with Crippen LogP contribution in [0.3, 0.4) is 0 Å². The molecule has 1 aliphatic carbocycles. The zero-order chi connectivity index (χ0) is 19.9. The third-order valence-electron chi connectivity index (χ3n) is 5.21. The molecule has 0 unspecified atom stereocenters. The molecule has 0 atom stereocenters. The van der Waals surface area contributed by atoms with Gasteiger partial charge in [0.2, 0.25) is 0 Å². The van der Waals surface area contributed by atoms with Crippen molar-refractivity contribution in [3.63, 3.8) is 0 Å². The minimum Gasteiger partial charge on any atom is -0.493 e. The second-order valence-corrected chi connectivity index (χ2v) is 7.80. The Hall–Kier alpha value is -2.50. The van der Waals surface area contributed by atoms with Crippen LogP contribution in [0.1, 0.15) is 68.8 Å². The Bertz CT molecular complexity index is 779. The number of nitrogens with zero attached hydrogens (tertiary/aromatic N) is 2. The van der Waals surface area contributed by atoms with Gasteiger partial charge in [0.1, 0.15) is 5.82 Å². The lowest BCUT2D eigenvalue weighted by Gasteiger charge is -2.24. The second-order valence-electron chi connectivity index (χ2n) is 7.80. The van der Waals surface area contributed by atoms with Gasteiger partial charge in [-0.2, -0.15) is 5.10 Å². The van der Waals surface area contributed by atoms with Gasteiger partial charge < -0.3 is 14.8 Å². The highest BCUT2D eigenvalue weighted by atomic mass is 16.5. The molecule has 152 valence electrons. The first-order valence-corrected chi connectivity index (χ1v) is 10.2. The Morgan fingerprint density at radius 2 is 2.00 bits per heavy atom. The fourth-order valence-electron chi connectivity index (χ4n) is 3.55. The zero-order valence-corrected chi connectivity index (χ0v) is 17.1. The summed E-state index contributed by atoms with van der Waals surface area (Å²) in [6, 6.07) is 7.51. The smallest absolute Gasteiger partial charge is 0.256 e. The van der Waals surface area contributed by atoms with Crippen molar-refractivity contribution in [2.75, 3.05) is 19.0 Å². The SMILES string of the molecule is COc1cc(C(=O)Nc2ccnn2C2CCCCC2)ccc1OCCC(C)C. The van der Waals surface area contributed by atoms with Crippen molar-refractivity contribution in [2.24, 2.45) is 5.92 Å². The molecule has 0 radical (unpaired) electrons. The Morgan fingerprint density at radius 3 is 2.71 bits per heavy atom. The summed E-state index contributed by atoms with van der Waals surface area (Å²) in [6.45, 7) is 4.94. The van der Waals surface area contributed by atoms with Gasteiger partial charge in [0.05, 0.1) is 26.0 Å². The molecule has 1 fully saturated rings. The van der Waals surface area contributed by atoms with Gasteiger partial charge in [0.25, 0.3) is 5.91 Å². The summed E-state index contributed by atoms with van der Waals surface area (Å²) in [4.78, 5) is 12.8. The molecule has 1 heterocycles. The van der Waals surface area contributed by atoms with Gasteiger partial charge in [-0.15, -0.1) is 0 Å². The van der Waals surface area contributed by atoms with Crippen LogP contribution in [0.5, 0.6) is 11.5 Å². The molecule has 2 aromatic rings. The lowest BCUT2D eigenvalue weighted by Crippen LogP contribution is -2.20. The lowest BCUT2D eigenvalue weighted by atomic mass is 9.96. The van der Waals surface area contributed by atoms with Crippen LogP contribution in [0.15, 0.2) is 30.5 Å². The summed E-state index contributed by atoms with van der Waals surface area (Å²) in [5, 5.41) is 7.44. The summed E-state index contributed by atoms with van der Waals surface area (Å²) in [5.41, 5.74) is 0.532. The van der Waals surface area contributed by atoms with Crippen molar-refractivity contribution < 1.29 is 14.3 Å². The average molecular weight is 386 g/mol. The number of ether oxygens (including phenoxy) is 2. The highest BCUT2D eigenvalue weighted by molar-refractivity contribution is 6.04. The minimum atomic E-state index is -0.176. The van der Waals surface area contributed by atoms with E-state index in [9.17, 15) is 4.79 Å². The normalized spacial score (nSPS) is 14.9. The van der Waals surface area contributed by atoms with Gasteiger partial charge in [-0.25, -0.2) is 4.68 Å². The molecule has 1 aliphatic rings. The maximum absolute atomic E-state index is 12.8. The monoisotopic (exact) mass is 385 g/mol. The van der Waals surface area contributed by atoms with Crippen molar-refractivity contribution >= 4 is 11.7 Å². The summed E-state index contributed by atoms with van der Waals surface area (Å²) >= 11 is 0. The lowest BCUT2D eigenvalue weighted by molar-refractivity contribution is 0.102. The minimum absolute atomic E-state index is 0.176. The van der Waals surface area contributed by atoms with Crippen LogP contribution in [0, 0.1) is 5.92 Å². The Labute approximate surface area is 167 Å². The number of methoxy groups -OCH3 is 1. The van der Waals surface area contributed by atoms with E-state index in [1.807, 2.05) is 10.7 Å². The summed E-state index contributed by atoms with van der Waals surface area (Å²) in [7, 11) is 1.59. The number of benzene rings is 1. The van der Waals surface area contributed by atoms with E-state index in [0.29, 0.717) is 35.6 Å². The van der Waals surface area contributed by atoms with Crippen molar-refractivity contribution in [2.45, 2.75) is 58.4 Å². The van der Waals surface area contributed by atoms with Crippen LogP contribution < -0.4 is 14.8 Å². The first-order chi connectivity index (χ1) is 13.6. The molecular formula is C22H31N3O3. The van der Waals surface area contributed by atoms with Gasteiger partial charge >= 0.3 is 0 Å². The van der Waals surface area contributed by atoms with E-state index in [0.717, 1.165) is 25.1 Å². The van der Waals surface area contributed by atoms with Crippen molar-refractivity contribution in [3.05, 3.63) is 36.0 Å². The maximum atomic E-state index is 12.8. The van der Waals surface area contributed by atoms with Crippen LogP contribution in [-0.4, -0.2) is 29.4 Å². The quantitative estimate of drug-likeness (QED) is 0.689. The van der Waals surface area contributed by atoms with Crippen LogP contribution >= 0.6 is 0 Å². The molecule has 1 aromatic heterocycles. The van der Waals surface area contributed by atoms with Gasteiger partial charge in [0.15, 0.2) is 11.5 Å². The van der Waals surface area contributed by atoms with Crippen molar-refractivity contribution in [3.8, 4) is 11.5 Å². The van der Waals surface area contributed by atoms with E-state index in [1.54, 1.807) is 31.5 Å². The molecule has 3 rings (SSSR count). The van der Waals surface area contributed by atoms with Crippen LogP contribution in [0.4, 0.5) is 5.82 Å². The number of hydrogen-bond acceptors (Lipinski definition) is 4. The number of carbonyl (C=O) groups excluding carboxylic acids is 1. The van der Waals surface area contributed by atoms with Crippen LogP contribution in [0.2, 0.25) is 0 Å². The summed E-state index contributed by atoms with van der Waals surface area (Å²) < 4.78 is 13.2. The van der Waals surface area contributed by atoms with Crippen molar-refractivity contribution in [1.29, 1.82) is 0 Å². The van der Waals surface area contributed by atoms with E-state index in [2.05, 4.69) is 24.3 Å². The number of rotatable bonds is 8. The van der Waals surface area contributed by atoms with E-state index in [-0.39, 0.29) is 5.91 Å². The van der Waals surface area contributed by atoms with Crippen LogP contribution in [-0.2, 0) is 0 Å². The van der Waals surface area contributed by atoms with Gasteiger partial charge in [-0.05, 0) is 43.4 Å². The molecule has 1 saturated carbocycles. The second kappa shape index (κ2) is 9.62. The zero-order valence-electron chi connectivity index (χ0n) is 17.1. The molecule has 0 spiro atoms. The molecule has 1 aromatic carbocycles. The van der Waals surface area contributed by atoms with E-state index in [4.69, 9.17) is 9.47 Å². The fraction of sp³-hybridized carbons (Fsp3) is 0.545. The third kappa shape index (κ3) is 5.06. The van der Waals surface area contributed by atoms with E-state index < -0.39 is 0 Å². The molecule has 1 amide bonds. The highest BCUT2D eigenvalue weighted by Gasteiger charge is 2.20. The largest absolute Gasteiger partial charge is 0.493 e. The molecule has 0 saturated heterocycles. The molecular weight excluding hydrogens is 354 g/mol.